The summed E-state index contributed by atoms with van der Waals surface area (Å²) >= 11 is 0. The lowest BCUT2D eigenvalue weighted by molar-refractivity contribution is -0.116. The predicted molar refractivity (Wildman–Crippen MR) is 150 cm³/mol. The Bertz CT molecular complexity index is 1820. The topological polar surface area (TPSA) is 120 Å². The van der Waals surface area contributed by atoms with Crippen LogP contribution in [0.1, 0.15) is 26.2 Å². The molecule has 0 saturated heterocycles. The number of carbonyl (C=O) groups is 1. The highest BCUT2D eigenvalue weighted by atomic mass is 19.1. The third-order valence-corrected chi connectivity index (χ3v) is 6.63. The molecule has 4 heterocycles. The number of rotatable bonds is 7. The number of pyridine rings is 2. The van der Waals surface area contributed by atoms with Crippen LogP contribution in [0.4, 0.5) is 10.1 Å². The van der Waals surface area contributed by atoms with E-state index in [-0.39, 0.29) is 11.7 Å². The quantitative estimate of drug-likeness (QED) is 0.184. The number of halogens is 1. The van der Waals surface area contributed by atoms with Gasteiger partial charge in [0.2, 0.25) is 5.91 Å². The first-order valence-corrected chi connectivity index (χ1v) is 12.7. The fourth-order valence-electron chi connectivity index (χ4n) is 4.75. The van der Waals surface area contributed by atoms with E-state index in [2.05, 4.69) is 37.4 Å². The maximum absolute atomic E-state index is 14.0. The van der Waals surface area contributed by atoms with E-state index >= 15 is 0 Å². The molecule has 6 rings (SSSR count). The predicted octanol–water partition coefficient (Wildman–Crippen LogP) is 6.81. The molecule has 0 aliphatic carbocycles. The van der Waals surface area contributed by atoms with Crippen LogP contribution < -0.4 is 5.32 Å². The number of amides is 1. The van der Waals surface area contributed by atoms with Gasteiger partial charge < -0.3 is 15.4 Å². The molecule has 0 aliphatic heterocycles. The molecule has 6 aromatic rings. The van der Waals surface area contributed by atoms with Gasteiger partial charge in [-0.3, -0.25) is 19.9 Å². The molecule has 4 aromatic heterocycles. The molecule has 0 bridgehead atoms. The molecule has 0 unspecified atom stereocenters. The summed E-state index contributed by atoms with van der Waals surface area (Å²) in [4.78, 5) is 24.4. The van der Waals surface area contributed by atoms with Crippen molar-refractivity contribution in [3.8, 4) is 39.5 Å². The molecule has 0 atom stereocenters. The van der Waals surface area contributed by atoms with Gasteiger partial charge in [-0.05, 0) is 54.4 Å². The second kappa shape index (κ2) is 10.0. The van der Waals surface area contributed by atoms with Crippen molar-refractivity contribution in [1.29, 1.82) is 0 Å². The Labute approximate surface area is 223 Å². The van der Waals surface area contributed by atoms with Crippen LogP contribution >= 0.6 is 0 Å². The smallest absolute Gasteiger partial charge is 0.224 e. The van der Waals surface area contributed by atoms with E-state index < -0.39 is 5.82 Å². The number of aromatic amines is 2. The van der Waals surface area contributed by atoms with Gasteiger partial charge in [0, 0.05) is 52.3 Å². The first-order valence-electron chi connectivity index (χ1n) is 12.7. The van der Waals surface area contributed by atoms with Gasteiger partial charge in [-0.25, -0.2) is 4.39 Å². The lowest BCUT2D eigenvalue weighted by atomic mass is 10.0. The number of fused-ring (bicyclic) bond motifs is 2. The summed E-state index contributed by atoms with van der Waals surface area (Å²) in [5.41, 5.74) is 6.62. The summed E-state index contributed by atoms with van der Waals surface area (Å²) < 4.78 is 14.0. The van der Waals surface area contributed by atoms with E-state index in [1.165, 1.54) is 12.1 Å². The number of nitrogens with zero attached hydrogens (tertiary/aromatic N) is 3. The van der Waals surface area contributed by atoms with E-state index in [9.17, 15) is 14.3 Å². The Morgan fingerprint density at radius 2 is 1.82 bits per heavy atom. The van der Waals surface area contributed by atoms with Gasteiger partial charge in [-0.1, -0.05) is 19.4 Å². The van der Waals surface area contributed by atoms with E-state index in [1.807, 2.05) is 36.4 Å². The van der Waals surface area contributed by atoms with Crippen molar-refractivity contribution in [2.24, 2.45) is 0 Å². The molecular formula is C30H25FN6O2. The zero-order valence-corrected chi connectivity index (χ0v) is 21.1. The SMILES string of the molecule is CCCCC(=O)Nc1cncc(-c2ccc3[nH]nc(-c4cc5c(-c6cc(O)cc(F)c6)nccc5[nH]4)c3c2)c1. The molecular weight excluding hydrogens is 495 g/mol. The third kappa shape index (κ3) is 4.82. The Morgan fingerprint density at radius 3 is 2.67 bits per heavy atom. The maximum Gasteiger partial charge on any atom is 0.224 e. The highest BCUT2D eigenvalue weighted by molar-refractivity contribution is 6.01. The lowest BCUT2D eigenvalue weighted by Gasteiger charge is -2.07. The minimum atomic E-state index is -0.538. The van der Waals surface area contributed by atoms with E-state index in [1.54, 1.807) is 18.6 Å². The monoisotopic (exact) mass is 520 g/mol. The minimum absolute atomic E-state index is 0.0236. The number of hydrogen-bond donors (Lipinski definition) is 4. The zero-order chi connectivity index (χ0) is 26.9. The Hall–Kier alpha value is -5.05. The van der Waals surface area contributed by atoms with Crippen molar-refractivity contribution in [3.63, 3.8) is 0 Å². The molecule has 9 heteroatoms. The van der Waals surface area contributed by atoms with Crippen molar-refractivity contribution in [3.05, 3.63) is 79.0 Å². The van der Waals surface area contributed by atoms with Crippen LogP contribution in [-0.4, -0.2) is 36.2 Å². The zero-order valence-electron chi connectivity index (χ0n) is 21.1. The normalized spacial score (nSPS) is 11.3. The van der Waals surface area contributed by atoms with Crippen LogP contribution in [0.3, 0.4) is 0 Å². The summed E-state index contributed by atoms with van der Waals surface area (Å²) in [7, 11) is 0. The largest absolute Gasteiger partial charge is 0.508 e. The number of phenolic OH excluding ortho intramolecular Hbond substituents is 1. The van der Waals surface area contributed by atoms with Gasteiger partial charge in [0.15, 0.2) is 0 Å². The molecule has 0 radical (unpaired) electrons. The van der Waals surface area contributed by atoms with Crippen LogP contribution in [-0.2, 0) is 4.79 Å². The number of H-pyrrole nitrogens is 2. The number of benzene rings is 2. The Morgan fingerprint density at radius 1 is 0.949 bits per heavy atom. The fraction of sp³-hybridized carbons (Fsp3) is 0.133. The lowest BCUT2D eigenvalue weighted by Crippen LogP contribution is -2.11. The average molecular weight is 521 g/mol. The Kier molecular flexibility index (Phi) is 6.24. The van der Waals surface area contributed by atoms with E-state index in [0.717, 1.165) is 57.5 Å². The van der Waals surface area contributed by atoms with Crippen LogP contribution in [0, 0.1) is 5.82 Å². The van der Waals surface area contributed by atoms with Gasteiger partial charge >= 0.3 is 0 Å². The summed E-state index contributed by atoms with van der Waals surface area (Å²) in [6, 6.07) is 15.5. The number of carbonyl (C=O) groups excluding carboxylic acids is 1. The second-order valence-electron chi connectivity index (χ2n) is 9.45. The van der Waals surface area contributed by atoms with Crippen molar-refractivity contribution >= 4 is 33.4 Å². The number of anilines is 1. The van der Waals surface area contributed by atoms with Gasteiger partial charge in [-0.15, -0.1) is 0 Å². The number of hydrogen-bond acceptors (Lipinski definition) is 5. The van der Waals surface area contributed by atoms with E-state index in [0.29, 0.717) is 29.1 Å². The highest BCUT2D eigenvalue weighted by Gasteiger charge is 2.16. The molecule has 0 fully saturated rings. The molecule has 0 spiro atoms. The highest BCUT2D eigenvalue weighted by Crippen LogP contribution is 2.35. The fourth-order valence-corrected chi connectivity index (χ4v) is 4.75. The molecule has 39 heavy (non-hydrogen) atoms. The van der Waals surface area contributed by atoms with Gasteiger partial charge in [0.05, 0.1) is 28.8 Å². The molecule has 1 amide bonds. The minimum Gasteiger partial charge on any atom is -0.508 e. The van der Waals surface area contributed by atoms with Crippen LogP contribution in [0.5, 0.6) is 5.75 Å². The van der Waals surface area contributed by atoms with E-state index in [4.69, 9.17) is 0 Å². The second-order valence-corrected chi connectivity index (χ2v) is 9.45. The van der Waals surface area contributed by atoms with Gasteiger partial charge in [0.1, 0.15) is 17.3 Å². The molecule has 2 aromatic carbocycles. The molecule has 4 N–H and O–H groups in total. The van der Waals surface area contributed by atoms with Crippen LogP contribution in [0.2, 0.25) is 0 Å². The standard InChI is InChI=1S/C30H25FN6O2/c1-2-3-4-28(39)34-21-10-19(15-32-16-21)17-5-6-26-23(12-17)30(37-36-26)27-14-24-25(35-27)7-8-33-29(24)18-9-20(31)13-22(38)11-18/h5-16,35,38H,2-4H2,1H3,(H,34,39)(H,36,37). The number of nitrogens with one attached hydrogen (secondary N) is 3. The summed E-state index contributed by atoms with van der Waals surface area (Å²) in [5.74, 6) is -0.724. The summed E-state index contributed by atoms with van der Waals surface area (Å²) in [6.07, 6.45) is 7.33. The maximum atomic E-state index is 14.0. The Balaban J connectivity index is 1.38. The first-order chi connectivity index (χ1) is 19.0. The number of phenols is 1. The van der Waals surface area contributed by atoms with Crippen molar-refractivity contribution in [1.82, 2.24) is 25.1 Å². The van der Waals surface area contributed by atoms with Crippen molar-refractivity contribution in [2.75, 3.05) is 5.32 Å². The van der Waals surface area contributed by atoms with Crippen molar-refractivity contribution in [2.45, 2.75) is 26.2 Å². The first kappa shape index (κ1) is 24.3. The van der Waals surface area contributed by atoms with Gasteiger partial charge in [-0.2, -0.15) is 5.10 Å². The number of aromatic hydroxyl groups is 1. The summed E-state index contributed by atoms with van der Waals surface area (Å²) in [5, 5.41) is 22.2. The number of aromatic nitrogens is 5. The number of unbranched alkanes of at least 4 members (excludes halogenated alkanes) is 1. The van der Waals surface area contributed by atoms with Gasteiger partial charge in [0.25, 0.3) is 0 Å². The average Bonchev–Trinajstić information content (AvgIpc) is 3.55. The van der Waals surface area contributed by atoms with Crippen LogP contribution in [0.15, 0.2) is 73.2 Å². The molecule has 0 aliphatic rings. The summed E-state index contributed by atoms with van der Waals surface area (Å²) in [6.45, 7) is 2.05. The molecule has 0 saturated carbocycles. The molecule has 194 valence electrons. The third-order valence-electron chi connectivity index (χ3n) is 6.63. The van der Waals surface area contributed by atoms with Crippen molar-refractivity contribution < 1.29 is 14.3 Å². The molecule has 8 nitrogen and oxygen atoms in total. The van der Waals surface area contributed by atoms with Crippen LogP contribution in [0.25, 0.3) is 55.6 Å².